The van der Waals surface area contributed by atoms with Gasteiger partial charge in [-0.25, -0.2) is 0 Å². The average molecular weight is 402 g/mol. The minimum atomic E-state index is -0.691. The summed E-state index contributed by atoms with van der Waals surface area (Å²) in [6.45, 7) is 9.52. The Balaban J connectivity index is 2.27. The second-order valence-electron chi connectivity index (χ2n) is 7.46. The van der Waals surface area contributed by atoms with Crippen LogP contribution in [0.25, 0.3) is 0 Å². The zero-order valence-corrected chi connectivity index (χ0v) is 17.4. The number of aromatic nitrogens is 2. The molecule has 1 heterocycles. The molecule has 8 nitrogen and oxygen atoms in total. The summed E-state index contributed by atoms with van der Waals surface area (Å²) >= 11 is 0. The normalized spacial score (nSPS) is 14.3. The van der Waals surface area contributed by atoms with E-state index in [1.807, 2.05) is 49.7 Å². The molecule has 2 aromatic rings. The van der Waals surface area contributed by atoms with Gasteiger partial charge in [0.1, 0.15) is 12.1 Å². The molecule has 0 radical (unpaired) electrons. The van der Waals surface area contributed by atoms with Crippen LogP contribution in [-0.4, -0.2) is 34.5 Å². The van der Waals surface area contributed by atoms with Crippen LogP contribution in [0, 0.1) is 18.8 Å². The number of carbonyl (C=O) groups is 1. The van der Waals surface area contributed by atoms with Gasteiger partial charge in [-0.1, -0.05) is 55.9 Å². The van der Waals surface area contributed by atoms with Gasteiger partial charge in [-0.3, -0.25) is 15.5 Å². The lowest BCUT2D eigenvalue weighted by molar-refractivity contribution is -0.130. The standard InChI is InChI=1S/C21H30N4O4/c1-13(2)11-17(19(28-5)14(3)24-27)20(26)23-18(21-22-15(4)25-29-21)12-16-9-7-6-8-10-16/h6-10,13,17-19,24,27H,3,11-12H2,1-2,4-5H3,(H,23,26)/t17-,18+,19-/m1/s1. The van der Waals surface area contributed by atoms with E-state index >= 15 is 0 Å². The molecule has 0 aliphatic carbocycles. The minimum absolute atomic E-state index is 0.224. The Hall–Kier alpha value is -2.71. The maximum absolute atomic E-state index is 13.2. The summed E-state index contributed by atoms with van der Waals surface area (Å²) in [5.41, 5.74) is 3.26. The molecule has 158 valence electrons. The largest absolute Gasteiger partial charge is 0.374 e. The van der Waals surface area contributed by atoms with Crippen molar-refractivity contribution in [3.63, 3.8) is 0 Å². The van der Waals surface area contributed by atoms with Crippen molar-refractivity contribution in [1.82, 2.24) is 20.9 Å². The van der Waals surface area contributed by atoms with Gasteiger partial charge in [0.15, 0.2) is 5.82 Å². The molecule has 0 saturated carbocycles. The predicted molar refractivity (Wildman–Crippen MR) is 108 cm³/mol. The van der Waals surface area contributed by atoms with Crippen molar-refractivity contribution in [2.75, 3.05) is 7.11 Å². The highest BCUT2D eigenvalue weighted by Crippen LogP contribution is 2.24. The van der Waals surface area contributed by atoms with Gasteiger partial charge in [-0.15, -0.1) is 0 Å². The van der Waals surface area contributed by atoms with Gasteiger partial charge < -0.3 is 14.6 Å². The van der Waals surface area contributed by atoms with Crippen LogP contribution in [-0.2, 0) is 16.0 Å². The lowest BCUT2D eigenvalue weighted by atomic mass is 9.89. The summed E-state index contributed by atoms with van der Waals surface area (Å²) in [5, 5.41) is 16.1. The minimum Gasteiger partial charge on any atom is -0.374 e. The number of benzene rings is 1. The highest BCUT2D eigenvalue weighted by molar-refractivity contribution is 5.80. The first-order valence-electron chi connectivity index (χ1n) is 9.61. The summed E-state index contributed by atoms with van der Waals surface area (Å²) in [5.74, 6) is 0.274. The SMILES string of the molecule is C=C(NO)[C@@H](OC)[C@@H](CC(C)C)C(=O)N[C@@H](Cc1ccccc1)c1nc(C)no1. The third kappa shape index (κ3) is 6.40. The summed E-state index contributed by atoms with van der Waals surface area (Å²) in [6.07, 6.45) is 0.356. The topological polar surface area (TPSA) is 110 Å². The van der Waals surface area contributed by atoms with Crippen LogP contribution >= 0.6 is 0 Å². The van der Waals surface area contributed by atoms with Gasteiger partial charge >= 0.3 is 0 Å². The fourth-order valence-electron chi connectivity index (χ4n) is 3.27. The first-order valence-corrected chi connectivity index (χ1v) is 9.61. The van der Waals surface area contributed by atoms with E-state index in [9.17, 15) is 10.0 Å². The lowest BCUT2D eigenvalue weighted by Gasteiger charge is -2.29. The summed E-state index contributed by atoms with van der Waals surface area (Å²) in [4.78, 5) is 17.6. The van der Waals surface area contributed by atoms with Crippen LogP contribution < -0.4 is 10.8 Å². The summed E-state index contributed by atoms with van der Waals surface area (Å²) in [7, 11) is 1.48. The van der Waals surface area contributed by atoms with E-state index in [2.05, 4.69) is 22.0 Å². The number of hydroxylamine groups is 1. The highest BCUT2D eigenvalue weighted by Gasteiger charge is 2.33. The summed E-state index contributed by atoms with van der Waals surface area (Å²) < 4.78 is 10.8. The number of nitrogens with zero attached hydrogens (tertiary/aromatic N) is 2. The average Bonchev–Trinajstić information content (AvgIpc) is 3.13. The Labute approximate surface area is 171 Å². The van der Waals surface area contributed by atoms with Crippen molar-refractivity contribution in [2.45, 2.75) is 45.8 Å². The molecule has 1 amide bonds. The molecule has 0 aliphatic heterocycles. The molecule has 1 aromatic carbocycles. The van der Waals surface area contributed by atoms with Gasteiger partial charge in [0.2, 0.25) is 11.8 Å². The molecule has 2 rings (SSSR count). The smallest absolute Gasteiger partial charge is 0.249 e. The van der Waals surface area contributed by atoms with E-state index in [1.165, 1.54) is 7.11 Å². The fourth-order valence-corrected chi connectivity index (χ4v) is 3.27. The number of carbonyl (C=O) groups excluding carboxylic acids is 1. The van der Waals surface area contributed by atoms with E-state index in [4.69, 9.17) is 9.26 Å². The number of amides is 1. The monoisotopic (exact) mass is 402 g/mol. The molecule has 3 atom stereocenters. The third-order valence-electron chi connectivity index (χ3n) is 4.61. The van der Waals surface area contributed by atoms with Crippen molar-refractivity contribution in [2.24, 2.45) is 11.8 Å². The zero-order chi connectivity index (χ0) is 21.4. The predicted octanol–water partition coefficient (Wildman–Crippen LogP) is 2.95. The highest BCUT2D eigenvalue weighted by atomic mass is 16.5. The van der Waals surface area contributed by atoms with Crippen LogP contribution in [0.3, 0.4) is 0 Å². The van der Waals surface area contributed by atoms with E-state index < -0.39 is 18.1 Å². The van der Waals surface area contributed by atoms with Gasteiger partial charge in [0.25, 0.3) is 0 Å². The fraction of sp³-hybridized carbons (Fsp3) is 0.476. The zero-order valence-electron chi connectivity index (χ0n) is 17.4. The Morgan fingerprint density at radius 2 is 2.00 bits per heavy atom. The molecule has 0 fully saturated rings. The Bertz CT molecular complexity index is 791. The van der Waals surface area contributed by atoms with E-state index in [-0.39, 0.29) is 17.5 Å². The number of nitrogens with one attached hydrogen (secondary N) is 2. The van der Waals surface area contributed by atoms with Crippen molar-refractivity contribution >= 4 is 5.91 Å². The van der Waals surface area contributed by atoms with Gasteiger partial charge in [0, 0.05) is 13.5 Å². The van der Waals surface area contributed by atoms with Gasteiger partial charge in [-0.05, 0) is 24.8 Å². The Kier molecular flexibility index (Phi) is 8.35. The maximum atomic E-state index is 13.2. The molecule has 0 unspecified atom stereocenters. The molecule has 1 aromatic heterocycles. The van der Waals surface area contributed by atoms with Crippen molar-refractivity contribution in [3.05, 3.63) is 59.9 Å². The molecule has 8 heteroatoms. The van der Waals surface area contributed by atoms with Crippen molar-refractivity contribution in [3.8, 4) is 0 Å². The first-order chi connectivity index (χ1) is 13.8. The molecular formula is C21H30N4O4. The molecule has 0 saturated heterocycles. The molecule has 0 spiro atoms. The van der Waals surface area contributed by atoms with Gasteiger partial charge in [0.05, 0.1) is 11.6 Å². The number of hydrogen-bond donors (Lipinski definition) is 3. The number of aryl methyl sites for hydroxylation is 1. The van der Waals surface area contributed by atoms with Crippen LogP contribution in [0.15, 0.2) is 47.1 Å². The molecule has 0 aliphatic rings. The number of methoxy groups -OCH3 is 1. The third-order valence-corrected chi connectivity index (χ3v) is 4.61. The first kappa shape index (κ1) is 22.6. The van der Waals surface area contributed by atoms with Gasteiger partial charge in [-0.2, -0.15) is 4.98 Å². The second kappa shape index (κ2) is 10.7. The van der Waals surface area contributed by atoms with Crippen molar-refractivity contribution in [1.29, 1.82) is 0 Å². The Morgan fingerprint density at radius 3 is 2.52 bits per heavy atom. The molecular weight excluding hydrogens is 372 g/mol. The quantitative estimate of drug-likeness (QED) is 0.496. The molecule has 3 N–H and O–H groups in total. The maximum Gasteiger partial charge on any atom is 0.249 e. The number of rotatable bonds is 11. The molecule has 0 bridgehead atoms. The lowest BCUT2D eigenvalue weighted by Crippen LogP contribution is -2.43. The van der Waals surface area contributed by atoms with Crippen LogP contribution in [0.5, 0.6) is 0 Å². The summed E-state index contributed by atoms with van der Waals surface area (Å²) in [6, 6.07) is 9.27. The number of ether oxygens (including phenoxy) is 1. The Morgan fingerprint density at radius 1 is 1.31 bits per heavy atom. The van der Waals surface area contributed by atoms with Crippen LogP contribution in [0.1, 0.15) is 43.6 Å². The van der Waals surface area contributed by atoms with Crippen LogP contribution in [0.4, 0.5) is 0 Å². The van der Waals surface area contributed by atoms with E-state index in [1.54, 1.807) is 6.92 Å². The molecule has 29 heavy (non-hydrogen) atoms. The van der Waals surface area contributed by atoms with Crippen molar-refractivity contribution < 1.29 is 19.3 Å². The van der Waals surface area contributed by atoms with E-state index in [0.717, 1.165) is 5.56 Å². The second-order valence-corrected chi connectivity index (χ2v) is 7.46. The number of hydrogen-bond acceptors (Lipinski definition) is 7. The van der Waals surface area contributed by atoms with E-state index in [0.29, 0.717) is 24.6 Å². The van der Waals surface area contributed by atoms with Crippen LogP contribution in [0.2, 0.25) is 0 Å².